The fourth-order valence-electron chi connectivity index (χ4n) is 1.92. The van der Waals surface area contributed by atoms with E-state index in [1.54, 1.807) is 0 Å². The highest BCUT2D eigenvalue weighted by Gasteiger charge is 2.16. The summed E-state index contributed by atoms with van der Waals surface area (Å²) in [5.41, 5.74) is 3.56. The van der Waals surface area contributed by atoms with Gasteiger partial charge in [-0.3, -0.25) is 4.79 Å². The number of carbonyl (C=O) groups is 1. The van der Waals surface area contributed by atoms with Crippen molar-refractivity contribution in [2.45, 2.75) is 32.6 Å². The van der Waals surface area contributed by atoms with Crippen molar-refractivity contribution in [2.24, 2.45) is 0 Å². The maximum atomic E-state index is 11.5. The van der Waals surface area contributed by atoms with Gasteiger partial charge in [-0.15, -0.1) is 0 Å². The summed E-state index contributed by atoms with van der Waals surface area (Å²) in [7, 11) is 0. The Morgan fingerprint density at radius 2 is 2.15 bits per heavy atom. The molecule has 0 bridgehead atoms. The summed E-state index contributed by atoms with van der Waals surface area (Å²) in [5, 5.41) is 0. The second kappa shape index (κ2) is 3.33. The van der Waals surface area contributed by atoms with Crippen LogP contribution in [-0.4, -0.2) is 5.78 Å². The first-order chi connectivity index (χ1) is 6.31. The van der Waals surface area contributed by atoms with Crippen LogP contribution in [0.4, 0.5) is 0 Å². The van der Waals surface area contributed by atoms with Gasteiger partial charge in [0.05, 0.1) is 0 Å². The number of fused-ring (bicyclic) bond motifs is 1. The maximum absolute atomic E-state index is 11.5. The Morgan fingerprint density at radius 3 is 2.92 bits per heavy atom. The van der Waals surface area contributed by atoms with Gasteiger partial charge >= 0.3 is 0 Å². The first kappa shape index (κ1) is 8.49. The molecule has 68 valence electrons. The average molecular weight is 174 g/mol. The molecule has 2 rings (SSSR count). The van der Waals surface area contributed by atoms with E-state index in [2.05, 4.69) is 19.1 Å². The van der Waals surface area contributed by atoms with Crippen molar-refractivity contribution in [1.82, 2.24) is 0 Å². The summed E-state index contributed by atoms with van der Waals surface area (Å²) in [4.78, 5) is 11.5. The molecule has 0 saturated heterocycles. The zero-order valence-electron chi connectivity index (χ0n) is 7.97. The van der Waals surface area contributed by atoms with Gasteiger partial charge in [0.25, 0.3) is 0 Å². The Morgan fingerprint density at radius 1 is 1.31 bits per heavy atom. The van der Waals surface area contributed by atoms with Gasteiger partial charge < -0.3 is 0 Å². The Kier molecular flexibility index (Phi) is 2.17. The maximum Gasteiger partial charge on any atom is 0.163 e. The number of aryl methyl sites for hydroxylation is 2. The summed E-state index contributed by atoms with van der Waals surface area (Å²) in [6.07, 6.45) is 3.90. The van der Waals surface area contributed by atoms with Crippen LogP contribution in [-0.2, 0) is 12.8 Å². The summed E-state index contributed by atoms with van der Waals surface area (Å²) in [6, 6.07) is 6.25. The number of benzene rings is 1. The van der Waals surface area contributed by atoms with Gasteiger partial charge in [0, 0.05) is 12.0 Å². The van der Waals surface area contributed by atoms with E-state index in [4.69, 9.17) is 0 Å². The van der Waals surface area contributed by atoms with Crippen LogP contribution in [0.15, 0.2) is 18.2 Å². The molecule has 0 saturated carbocycles. The standard InChI is InChI=1S/C12H14O/c1-2-9-6-7-11-10(8-9)4-3-5-12(11)13/h6-8H,2-5H2,1H3. The highest BCUT2D eigenvalue weighted by atomic mass is 16.1. The molecular weight excluding hydrogens is 160 g/mol. The molecule has 0 atom stereocenters. The Labute approximate surface area is 78.8 Å². The smallest absolute Gasteiger partial charge is 0.163 e. The quantitative estimate of drug-likeness (QED) is 0.639. The van der Waals surface area contributed by atoms with Gasteiger partial charge in [-0.2, -0.15) is 0 Å². The first-order valence-corrected chi connectivity index (χ1v) is 4.96. The van der Waals surface area contributed by atoms with Gasteiger partial charge in [0.15, 0.2) is 5.78 Å². The predicted molar refractivity (Wildman–Crippen MR) is 53.1 cm³/mol. The fourth-order valence-corrected chi connectivity index (χ4v) is 1.92. The number of ketones is 1. The lowest BCUT2D eigenvalue weighted by Gasteiger charge is -2.15. The topological polar surface area (TPSA) is 17.1 Å². The van der Waals surface area contributed by atoms with Crippen LogP contribution in [0.5, 0.6) is 0 Å². The van der Waals surface area contributed by atoms with Crippen molar-refractivity contribution in [3.05, 3.63) is 34.9 Å². The van der Waals surface area contributed by atoms with E-state index < -0.39 is 0 Å². The van der Waals surface area contributed by atoms with Gasteiger partial charge in [-0.25, -0.2) is 0 Å². The third kappa shape index (κ3) is 1.51. The molecular formula is C12H14O. The van der Waals surface area contributed by atoms with Crippen molar-refractivity contribution in [2.75, 3.05) is 0 Å². The zero-order valence-corrected chi connectivity index (χ0v) is 7.97. The van der Waals surface area contributed by atoms with E-state index in [0.29, 0.717) is 5.78 Å². The molecule has 0 aliphatic heterocycles. The number of hydrogen-bond acceptors (Lipinski definition) is 1. The molecule has 0 amide bonds. The number of rotatable bonds is 1. The summed E-state index contributed by atoms with van der Waals surface area (Å²) < 4.78 is 0. The van der Waals surface area contributed by atoms with Crippen molar-refractivity contribution < 1.29 is 4.79 Å². The number of hydrogen-bond donors (Lipinski definition) is 0. The van der Waals surface area contributed by atoms with Crippen LogP contribution in [0.3, 0.4) is 0 Å². The fraction of sp³-hybridized carbons (Fsp3) is 0.417. The molecule has 1 aliphatic rings. The Balaban J connectivity index is 2.45. The number of carbonyl (C=O) groups excluding carboxylic acids is 1. The number of Topliss-reactive ketones (excluding diaryl/α,β-unsaturated/α-hetero) is 1. The molecule has 1 aliphatic carbocycles. The molecule has 0 spiro atoms. The Hall–Kier alpha value is -1.11. The molecule has 0 N–H and O–H groups in total. The van der Waals surface area contributed by atoms with Crippen LogP contribution < -0.4 is 0 Å². The van der Waals surface area contributed by atoms with Crippen LogP contribution in [0.1, 0.15) is 41.3 Å². The van der Waals surface area contributed by atoms with Gasteiger partial charge in [0.2, 0.25) is 0 Å². The monoisotopic (exact) mass is 174 g/mol. The molecule has 0 fully saturated rings. The molecule has 13 heavy (non-hydrogen) atoms. The SMILES string of the molecule is CCc1ccc2c(c1)CCCC2=O. The van der Waals surface area contributed by atoms with Crippen LogP contribution >= 0.6 is 0 Å². The Bertz CT molecular complexity index is 339. The molecule has 1 nitrogen and oxygen atoms in total. The van der Waals surface area contributed by atoms with Crippen LogP contribution in [0, 0.1) is 0 Å². The molecule has 0 aromatic heterocycles. The van der Waals surface area contributed by atoms with E-state index in [9.17, 15) is 4.79 Å². The molecule has 1 heteroatoms. The van der Waals surface area contributed by atoms with E-state index in [1.165, 1.54) is 11.1 Å². The first-order valence-electron chi connectivity index (χ1n) is 4.96. The minimum absolute atomic E-state index is 0.323. The third-order valence-electron chi connectivity index (χ3n) is 2.73. The van der Waals surface area contributed by atoms with Gasteiger partial charge in [-0.1, -0.05) is 25.1 Å². The average Bonchev–Trinajstić information content (AvgIpc) is 2.18. The zero-order chi connectivity index (χ0) is 9.26. The summed E-state index contributed by atoms with van der Waals surface area (Å²) >= 11 is 0. The van der Waals surface area contributed by atoms with Crippen molar-refractivity contribution >= 4 is 5.78 Å². The van der Waals surface area contributed by atoms with E-state index in [0.717, 1.165) is 31.2 Å². The van der Waals surface area contributed by atoms with Gasteiger partial charge in [0.1, 0.15) is 0 Å². The van der Waals surface area contributed by atoms with E-state index in [1.807, 2.05) is 6.07 Å². The summed E-state index contributed by atoms with van der Waals surface area (Å²) in [5.74, 6) is 0.323. The van der Waals surface area contributed by atoms with Crippen molar-refractivity contribution in [3.63, 3.8) is 0 Å². The molecule has 0 radical (unpaired) electrons. The minimum atomic E-state index is 0.323. The molecule has 0 unspecified atom stereocenters. The largest absolute Gasteiger partial charge is 0.294 e. The van der Waals surface area contributed by atoms with E-state index in [-0.39, 0.29) is 0 Å². The lowest BCUT2D eigenvalue weighted by atomic mass is 9.89. The van der Waals surface area contributed by atoms with Crippen molar-refractivity contribution in [3.8, 4) is 0 Å². The second-order valence-electron chi connectivity index (χ2n) is 3.62. The van der Waals surface area contributed by atoms with Gasteiger partial charge in [-0.05, 0) is 30.4 Å². The predicted octanol–water partition coefficient (Wildman–Crippen LogP) is 2.77. The molecule has 0 heterocycles. The lowest BCUT2D eigenvalue weighted by molar-refractivity contribution is 0.0972. The normalized spacial score (nSPS) is 15.6. The third-order valence-corrected chi connectivity index (χ3v) is 2.73. The highest BCUT2D eigenvalue weighted by molar-refractivity contribution is 5.98. The second-order valence-corrected chi connectivity index (χ2v) is 3.62. The van der Waals surface area contributed by atoms with E-state index >= 15 is 0 Å². The summed E-state index contributed by atoms with van der Waals surface area (Å²) in [6.45, 7) is 2.15. The lowest BCUT2D eigenvalue weighted by Crippen LogP contribution is -2.10. The van der Waals surface area contributed by atoms with Crippen LogP contribution in [0.2, 0.25) is 0 Å². The minimum Gasteiger partial charge on any atom is -0.294 e. The highest BCUT2D eigenvalue weighted by Crippen LogP contribution is 2.22. The van der Waals surface area contributed by atoms with Crippen molar-refractivity contribution in [1.29, 1.82) is 0 Å². The van der Waals surface area contributed by atoms with Crippen LogP contribution in [0.25, 0.3) is 0 Å². The molecule has 1 aromatic carbocycles. The molecule has 1 aromatic rings.